The summed E-state index contributed by atoms with van der Waals surface area (Å²) in [6.45, 7) is 7.56. The van der Waals surface area contributed by atoms with Crippen LogP contribution in [-0.4, -0.2) is 54.4 Å². The van der Waals surface area contributed by atoms with Crippen molar-refractivity contribution in [3.63, 3.8) is 0 Å². The third-order valence-electron chi connectivity index (χ3n) is 6.73. The largest absolute Gasteiger partial charge is 0.490 e. The Labute approximate surface area is 259 Å². The summed E-state index contributed by atoms with van der Waals surface area (Å²) in [7, 11) is 1.28. The Balaban J connectivity index is 1.43. The Hall–Kier alpha value is -4.19. The van der Waals surface area contributed by atoms with Crippen LogP contribution in [-0.2, 0) is 9.53 Å². The van der Waals surface area contributed by atoms with Crippen molar-refractivity contribution in [1.29, 1.82) is 0 Å². The van der Waals surface area contributed by atoms with Crippen LogP contribution in [0.15, 0.2) is 58.8 Å². The molecular weight excluding hydrogens is 597 g/mol. The van der Waals surface area contributed by atoms with Gasteiger partial charge in [0.05, 0.1) is 41.6 Å². The van der Waals surface area contributed by atoms with Crippen molar-refractivity contribution >= 4 is 41.4 Å². The summed E-state index contributed by atoms with van der Waals surface area (Å²) in [6, 6.07) is 11.2. The molecule has 2 aromatic carbocycles. The summed E-state index contributed by atoms with van der Waals surface area (Å²) in [5.41, 5.74) is 7.54. The van der Waals surface area contributed by atoms with E-state index in [4.69, 9.17) is 37.4 Å². The molecule has 0 spiro atoms. The van der Waals surface area contributed by atoms with E-state index < -0.39 is 24.3 Å². The van der Waals surface area contributed by atoms with E-state index in [1.807, 2.05) is 37.5 Å². The number of carbonyl (C=O) groups excluding carboxylic acids is 2. The minimum atomic E-state index is -1.14. The average Bonchev–Trinajstić information content (AvgIpc) is 3.25. The van der Waals surface area contributed by atoms with Gasteiger partial charge in [-0.25, -0.2) is 9.59 Å². The maximum atomic E-state index is 12.4. The smallest absolute Gasteiger partial charge is 0.337 e. The molecule has 43 heavy (non-hydrogen) atoms. The van der Waals surface area contributed by atoms with E-state index in [2.05, 4.69) is 21.2 Å². The summed E-state index contributed by atoms with van der Waals surface area (Å²) >= 11 is 12.3. The molecule has 2 amide bonds. The highest BCUT2D eigenvalue weighted by Gasteiger charge is 2.32. The van der Waals surface area contributed by atoms with Crippen molar-refractivity contribution in [2.45, 2.75) is 40.0 Å². The third kappa shape index (κ3) is 7.24. The molecule has 4 N–H and O–H groups in total. The van der Waals surface area contributed by atoms with Gasteiger partial charge in [-0.15, -0.1) is 0 Å². The molecule has 0 unspecified atom stereocenters. The Bertz CT molecular complexity index is 1590. The van der Waals surface area contributed by atoms with Gasteiger partial charge in [0.1, 0.15) is 6.61 Å². The number of nitrogens with zero attached hydrogens (tertiary/aromatic N) is 2. The third-order valence-corrected chi connectivity index (χ3v) is 7.47. The standard InChI is InChI=1S/C30H33Cl2N5O6/c1-6-42-25-12-19(28-27(29(39)41-5)17(3)34-30(40)35-28)7-10-24(25)43-15-26(38)36-33-14-20-11-16(2)37(18(20)4)21-8-9-22(31)23(32)13-21/h7-14,26,28,36,38H,6,15H2,1-5H3,(H2,34,35,40)/b33-14+/t26-,28+/m0/s1. The number of aryl methyl sites for hydroxylation is 1. The van der Waals surface area contributed by atoms with Crippen LogP contribution in [0.2, 0.25) is 10.0 Å². The SMILES string of the molecule is CCOc1cc([C@H]2NC(=O)NC(C)=C2C(=O)OC)ccc1OC[C@H](O)N/N=C/c1cc(C)n(-c2ccc(Cl)c(Cl)c2)c1C. The van der Waals surface area contributed by atoms with Crippen LogP contribution in [0.25, 0.3) is 5.69 Å². The summed E-state index contributed by atoms with van der Waals surface area (Å²) in [5, 5.41) is 20.9. The van der Waals surface area contributed by atoms with Crippen molar-refractivity contribution in [2.24, 2.45) is 5.10 Å². The van der Waals surface area contributed by atoms with Gasteiger partial charge in [-0.3, -0.25) is 5.43 Å². The lowest BCUT2D eigenvalue weighted by atomic mass is 9.95. The highest BCUT2D eigenvalue weighted by atomic mass is 35.5. The lowest BCUT2D eigenvalue weighted by Crippen LogP contribution is -2.45. The Morgan fingerprint density at radius 3 is 2.58 bits per heavy atom. The molecule has 4 rings (SSSR count). The van der Waals surface area contributed by atoms with Crippen LogP contribution in [0.3, 0.4) is 0 Å². The van der Waals surface area contributed by atoms with Gasteiger partial charge in [0.25, 0.3) is 0 Å². The molecule has 0 saturated heterocycles. The van der Waals surface area contributed by atoms with Gasteiger partial charge >= 0.3 is 12.0 Å². The molecule has 1 aliphatic heterocycles. The maximum absolute atomic E-state index is 12.4. The van der Waals surface area contributed by atoms with Crippen LogP contribution in [0, 0.1) is 13.8 Å². The summed E-state index contributed by atoms with van der Waals surface area (Å²) in [4.78, 5) is 24.6. The number of urea groups is 1. The highest BCUT2D eigenvalue weighted by Crippen LogP contribution is 2.35. The lowest BCUT2D eigenvalue weighted by molar-refractivity contribution is -0.136. The quantitative estimate of drug-likeness (QED) is 0.102. The summed E-state index contributed by atoms with van der Waals surface area (Å²) in [6.07, 6.45) is 0.478. The average molecular weight is 631 g/mol. The number of allylic oxidation sites excluding steroid dienone is 1. The van der Waals surface area contributed by atoms with E-state index in [9.17, 15) is 14.7 Å². The fourth-order valence-electron chi connectivity index (χ4n) is 4.75. The second-order valence-corrected chi connectivity index (χ2v) is 10.5. The number of amides is 2. The maximum Gasteiger partial charge on any atom is 0.337 e. The molecule has 0 bridgehead atoms. The topological polar surface area (TPSA) is 135 Å². The fraction of sp³-hybridized carbons (Fsp3) is 0.300. The number of halogens is 2. The fourth-order valence-corrected chi connectivity index (χ4v) is 5.05. The number of methoxy groups -OCH3 is 1. The molecule has 228 valence electrons. The van der Waals surface area contributed by atoms with Crippen molar-refractivity contribution in [2.75, 3.05) is 20.3 Å². The van der Waals surface area contributed by atoms with E-state index in [0.29, 0.717) is 39.4 Å². The molecule has 2 heterocycles. The number of esters is 1. The Morgan fingerprint density at radius 2 is 1.88 bits per heavy atom. The highest BCUT2D eigenvalue weighted by molar-refractivity contribution is 6.42. The molecule has 13 heteroatoms. The number of hydrazone groups is 1. The predicted molar refractivity (Wildman–Crippen MR) is 164 cm³/mol. The molecule has 0 saturated carbocycles. The molecule has 1 aromatic heterocycles. The van der Waals surface area contributed by atoms with Gasteiger partial charge in [-0.2, -0.15) is 5.10 Å². The zero-order valence-electron chi connectivity index (χ0n) is 24.3. The molecule has 3 aromatic rings. The van der Waals surface area contributed by atoms with Crippen molar-refractivity contribution in [1.82, 2.24) is 20.6 Å². The van der Waals surface area contributed by atoms with Gasteiger partial charge in [0.2, 0.25) is 0 Å². The van der Waals surface area contributed by atoms with E-state index in [1.165, 1.54) is 7.11 Å². The van der Waals surface area contributed by atoms with E-state index in [1.54, 1.807) is 43.5 Å². The van der Waals surface area contributed by atoms with Crippen molar-refractivity contribution in [3.05, 3.63) is 86.3 Å². The van der Waals surface area contributed by atoms with Crippen LogP contribution in [0.5, 0.6) is 11.5 Å². The van der Waals surface area contributed by atoms with Gasteiger partial charge in [-0.1, -0.05) is 29.3 Å². The number of hydrogen-bond acceptors (Lipinski definition) is 8. The van der Waals surface area contributed by atoms with E-state index in [0.717, 1.165) is 22.6 Å². The second kappa shape index (κ2) is 13.9. The zero-order chi connectivity index (χ0) is 31.3. The second-order valence-electron chi connectivity index (χ2n) is 9.68. The number of ether oxygens (including phenoxy) is 3. The first-order valence-corrected chi connectivity index (χ1v) is 14.2. The molecule has 0 fully saturated rings. The van der Waals surface area contributed by atoms with Crippen molar-refractivity contribution in [3.8, 4) is 17.2 Å². The Kier molecular flexibility index (Phi) is 10.2. The molecule has 0 aliphatic carbocycles. The number of hydrogen-bond donors (Lipinski definition) is 4. The lowest BCUT2D eigenvalue weighted by Gasteiger charge is -2.28. The molecule has 2 atom stereocenters. The van der Waals surface area contributed by atoms with E-state index >= 15 is 0 Å². The van der Waals surface area contributed by atoms with Crippen LogP contribution in [0.4, 0.5) is 4.79 Å². The van der Waals surface area contributed by atoms with Gasteiger partial charge in [0.15, 0.2) is 17.7 Å². The number of aliphatic hydroxyl groups is 1. The molecule has 0 radical (unpaired) electrons. The van der Waals surface area contributed by atoms with E-state index in [-0.39, 0.29) is 12.2 Å². The minimum Gasteiger partial charge on any atom is -0.490 e. The summed E-state index contributed by atoms with van der Waals surface area (Å²) < 4.78 is 18.5. The molecule has 1 aliphatic rings. The number of carbonyl (C=O) groups is 2. The molecular formula is C30H33Cl2N5O6. The number of benzene rings is 2. The first-order valence-electron chi connectivity index (χ1n) is 13.4. The number of nitrogens with one attached hydrogen (secondary N) is 3. The van der Waals surface area contributed by atoms with Crippen LogP contribution >= 0.6 is 23.2 Å². The first kappa shape index (κ1) is 31.7. The first-order chi connectivity index (χ1) is 20.5. The van der Waals surface area contributed by atoms with Crippen molar-refractivity contribution < 1.29 is 28.9 Å². The number of rotatable bonds is 11. The summed E-state index contributed by atoms with van der Waals surface area (Å²) in [5.74, 6) is 0.167. The number of aromatic nitrogens is 1. The number of aliphatic hydroxyl groups excluding tert-OH is 1. The minimum absolute atomic E-state index is 0.143. The zero-order valence-corrected chi connectivity index (χ0v) is 25.8. The molecule has 11 nitrogen and oxygen atoms in total. The van der Waals surface area contributed by atoms with Gasteiger partial charge in [-0.05, 0) is 69.7 Å². The normalized spacial score (nSPS) is 15.6. The monoisotopic (exact) mass is 629 g/mol. The van der Waals surface area contributed by atoms with Crippen LogP contribution in [0.1, 0.15) is 42.4 Å². The van der Waals surface area contributed by atoms with Gasteiger partial charge < -0.3 is 34.5 Å². The van der Waals surface area contributed by atoms with Gasteiger partial charge in [0, 0.05) is 28.3 Å². The predicted octanol–water partition coefficient (Wildman–Crippen LogP) is 4.92. The van der Waals surface area contributed by atoms with Crippen LogP contribution < -0.4 is 25.5 Å². The Morgan fingerprint density at radius 1 is 1.12 bits per heavy atom.